The van der Waals surface area contributed by atoms with Crippen LogP contribution in [0.2, 0.25) is 5.15 Å². The van der Waals surface area contributed by atoms with Crippen molar-refractivity contribution in [1.29, 1.82) is 0 Å². The highest BCUT2D eigenvalue weighted by Crippen LogP contribution is 2.33. The molecular formula is C27H33ClN4O5S. The zero-order chi connectivity index (χ0) is 27.6. The van der Waals surface area contributed by atoms with Crippen LogP contribution < -0.4 is 4.74 Å². The molecule has 1 aliphatic rings. The van der Waals surface area contributed by atoms with Crippen molar-refractivity contribution in [1.82, 2.24) is 18.8 Å². The summed E-state index contributed by atoms with van der Waals surface area (Å²) in [6.07, 6.45) is 3.68. The molecule has 0 radical (unpaired) electrons. The van der Waals surface area contributed by atoms with Gasteiger partial charge in [-0.2, -0.15) is 4.31 Å². The molecule has 2 aromatic heterocycles. The van der Waals surface area contributed by atoms with E-state index in [1.165, 1.54) is 11.4 Å². The Morgan fingerprint density at radius 2 is 1.95 bits per heavy atom. The fourth-order valence-corrected chi connectivity index (χ4v) is 6.51. The number of amides is 1. The van der Waals surface area contributed by atoms with Gasteiger partial charge in [0.1, 0.15) is 17.5 Å². The Balaban J connectivity index is 1.40. The van der Waals surface area contributed by atoms with Gasteiger partial charge in [0.15, 0.2) is 0 Å². The maximum Gasteiger partial charge on any atom is 0.249 e. The Bertz CT molecular complexity index is 1420. The molecule has 0 bridgehead atoms. The quantitative estimate of drug-likeness (QED) is 0.292. The zero-order valence-electron chi connectivity index (χ0n) is 22.3. The van der Waals surface area contributed by atoms with Crippen LogP contribution in [0.3, 0.4) is 0 Å². The normalized spacial score (nSPS) is 15.6. The largest absolute Gasteiger partial charge is 0.496 e. The number of aromatic nitrogens is 2. The minimum Gasteiger partial charge on any atom is -0.496 e. The van der Waals surface area contributed by atoms with Crippen molar-refractivity contribution in [2.24, 2.45) is 0 Å². The number of benzene rings is 1. The molecule has 0 N–H and O–H groups in total. The molecule has 204 valence electrons. The summed E-state index contributed by atoms with van der Waals surface area (Å²) in [4.78, 5) is 19.4. The summed E-state index contributed by atoms with van der Waals surface area (Å²) >= 11 is 5.98. The van der Waals surface area contributed by atoms with Crippen molar-refractivity contribution in [2.75, 3.05) is 40.5 Å². The number of nitrogens with zero attached hydrogens (tertiary/aromatic N) is 4. The summed E-state index contributed by atoms with van der Waals surface area (Å²) in [7, 11) is -0.670. The van der Waals surface area contributed by atoms with Crippen molar-refractivity contribution < 1.29 is 22.7 Å². The van der Waals surface area contributed by atoms with Crippen molar-refractivity contribution in [3.8, 4) is 5.75 Å². The minimum absolute atomic E-state index is 0.0754. The van der Waals surface area contributed by atoms with E-state index in [-0.39, 0.29) is 36.6 Å². The lowest BCUT2D eigenvalue weighted by molar-refractivity contribution is -0.138. The van der Waals surface area contributed by atoms with Gasteiger partial charge in [0.2, 0.25) is 15.9 Å². The second-order valence-corrected chi connectivity index (χ2v) is 11.8. The zero-order valence-corrected chi connectivity index (χ0v) is 23.8. The van der Waals surface area contributed by atoms with Crippen molar-refractivity contribution >= 4 is 27.5 Å². The van der Waals surface area contributed by atoms with Gasteiger partial charge in [0.05, 0.1) is 24.7 Å². The summed E-state index contributed by atoms with van der Waals surface area (Å²) < 4.78 is 41.0. The molecular weight excluding hydrogens is 528 g/mol. The van der Waals surface area contributed by atoms with Gasteiger partial charge >= 0.3 is 0 Å². The number of likely N-dealkylation sites (N-methyl/N-ethyl adjacent to an activating group) is 1. The lowest BCUT2D eigenvalue weighted by Crippen LogP contribution is -2.44. The monoisotopic (exact) mass is 560 g/mol. The van der Waals surface area contributed by atoms with Gasteiger partial charge in [0.25, 0.3) is 0 Å². The maximum absolute atomic E-state index is 13.3. The van der Waals surface area contributed by atoms with Crippen LogP contribution in [0.15, 0.2) is 47.6 Å². The number of hydrogen-bond donors (Lipinski definition) is 0. The first-order chi connectivity index (χ1) is 18.1. The molecule has 11 heteroatoms. The standard InChI is InChI=1S/C27H33ClN4O5S/c1-18-15-23(19(2)20(3)27(18)36-5)38(34,35)30(4)13-14-37-17-25(33)32-12-11-31-10-6-7-22(31)26(32)21-8-9-24(28)29-16-21/h6-10,15-16,26H,11-14,17H2,1-5H3. The fourth-order valence-electron chi connectivity index (χ4n) is 4.88. The Hall–Kier alpha value is -2.92. The molecule has 1 aromatic carbocycles. The van der Waals surface area contributed by atoms with Crippen LogP contribution in [0, 0.1) is 20.8 Å². The van der Waals surface area contributed by atoms with Crippen LogP contribution in [0.5, 0.6) is 5.75 Å². The molecule has 1 unspecified atom stereocenters. The molecule has 9 nitrogen and oxygen atoms in total. The third-order valence-corrected chi connectivity index (χ3v) is 9.28. The van der Waals surface area contributed by atoms with Gasteiger partial charge in [-0.3, -0.25) is 4.79 Å². The highest BCUT2D eigenvalue weighted by atomic mass is 35.5. The summed E-state index contributed by atoms with van der Waals surface area (Å²) in [5, 5.41) is 0.385. The molecule has 0 fully saturated rings. The first-order valence-electron chi connectivity index (χ1n) is 12.3. The molecule has 4 rings (SSSR count). The third kappa shape index (κ3) is 5.44. The molecule has 0 saturated carbocycles. The number of carbonyl (C=O) groups excluding carboxylic acids is 1. The van der Waals surface area contributed by atoms with Crippen LogP contribution in [0.25, 0.3) is 0 Å². The summed E-state index contributed by atoms with van der Waals surface area (Å²) in [6, 6.07) is 8.85. The number of methoxy groups -OCH3 is 1. The number of fused-ring (bicyclic) bond motifs is 1. The van der Waals surface area contributed by atoms with Crippen molar-refractivity contribution in [3.63, 3.8) is 0 Å². The molecule has 1 aliphatic heterocycles. The van der Waals surface area contributed by atoms with Crippen LogP contribution in [-0.4, -0.2) is 73.5 Å². The molecule has 38 heavy (non-hydrogen) atoms. The molecule has 1 amide bonds. The molecule has 0 spiro atoms. The van der Waals surface area contributed by atoms with Gasteiger partial charge in [-0.25, -0.2) is 13.4 Å². The highest BCUT2D eigenvalue weighted by Gasteiger charge is 2.32. The highest BCUT2D eigenvalue weighted by molar-refractivity contribution is 7.89. The van der Waals surface area contributed by atoms with Gasteiger partial charge in [-0.15, -0.1) is 0 Å². The first-order valence-corrected chi connectivity index (χ1v) is 14.1. The number of rotatable bonds is 9. The Labute approximate surface area is 229 Å². The van der Waals surface area contributed by atoms with E-state index in [9.17, 15) is 13.2 Å². The minimum atomic E-state index is -3.75. The fraction of sp³-hybridized carbons (Fsp3) is 0.407. The third-order valence-electron chi connectivity index (χ3n) is 7.07. The van der Waals surface area contributed by atoms with E-state index in [0.29, 0.717) is 29.6 Å². The lowest BCUT2D eigenvalue weighted by Gasteiger charge is -2.37. The summed E-state index contributed by atoms with van der Waals surface area (Å²) in [5.74, 6) is 0.503. The van der Waals surface area contributed by atoms with E-state index in [4.69, 9.17) is 21.1 Å². The Morgan fingerprint density at radius 1 is 1.18 bits per heavy atom. The summed E-state index contributed by atoms with van der Waals surface area (Å²) in [5.41, 5.74) is 4.03. The smallest absolute Gasteiger partial charge is 0.249 e. The Kier molecular flexibility index (Phi) is 8.46. The molecule has 3 heterocycles. The average molecular weight is 561 g/mol. The second kappa shape index (κ2) is 11.4. The number of halogens is 1. The van der Waals surface area contributed by atoms with Crippen LogP contribution >= 0.6 is 11.6 Å². The maximum atomic E-state index is 13.3. The van der Waals surface area contributed by atoms with E-state index in [2.05, 4.69) is 9.55 Å². The number of sulfonamides is 1. The Morgan fingerprint density at radius 3 is 2.63 bits per heavy atom. The predicted molar refractivity (Wildman–Crippen MR) is 145 cm³/mol. The number of hydrogen-bond acceptors (Lipinski definition) is 6. The number of carbonyl (C=O) groups is 1. The van der Waals surface area contributed by atoms with Crippen molar-refractivity contribution in [3.05, 3.63) is 75.8 Å². The number of aryl methyl sites for hydroxylation is 1. The first kappa shape index (κ1) is 28.1. The van der Waals surface area contributed by atoms with Gasteiger partial charge < -0.3 is 18.9 Å². The molecule has 0 saturated heterocycles. The van der Waals surface area contributed by atoms with E-state index in [1.54, 1.807) is 37.3 Å². The molecule has 0 aliphatic carbocycles. The van der Waals surface area contributed by atoms with Crippen LogP contribution in [0.4, 0.5) is 0 Å². The topological polar surface area (TPSA) is 94.0 Å². The van der Waals surface area contributed by atoms with Gasteiger partial charge in [-0.05, 0) is 67.3 Å². The van der Waals surface area contributed by atoms with E-state index >= 15 is 0 Å². The summed E-state index contributed by atoms with van der Waals surface area (Å²) in [6.45, 7) is 6.65. The van der Waals surface area contributed by atoms with Crippen LogP contribution in [0.1, 0.15) is 34.0 Å². The predicted octanol–water partition coefficient (Wildman–Crippen LogP) is 3.74. The van der Waals surface area contributed by atoms with E-state index < -0.39 is 10.0 Å². The average Bonchev–Trinajstić information content (AvgIpc) is 3.37. The van der Waals surface area contributed by atoms with Crippen molar-refractivity contribution in [2.45, 2.75) is 38.3 Å². The SMILES string of the molecule is COc1c(C)cc(S(=O)(=O)N(C)CCOCC(=O)N2CCn3cccc3C2c2ccc(Cl)nc2)c(C)c1C. The number of pyridine rings is 1. The molecule has 3 aromatic rings. The second-order valence-electron chi connectivity index (χ2n) is 9.38. The molecule has 1 atom stereocenters. The van der Waals surface area contributed by atoms with Gasteiger partial charge in [0, 0.05) is 44.8 Å². The van der Waals surface area contributed by atoms with E-state index in [0.717, 1.165) is 22.4 Å². The lowest BCUT2D eigenvalue weighted by atomic mass is 10.0. The number of ether oxygens (including phenoxy) is 2. The van der Waals surface area contributed by atoms with Crippen LogP contribution in [-0.2, 0) is 26.1 Å². The van der Waals surface area contributed by atoms with E-state index in [1.807, 2.05) is 38.2 Å². The van der Waals surface area contributed by atoms with Gasteiger partial charge in [-0.1, -0.05) is 17.7 Å².